The maximum absolute atomic E-state index is 10.9. The van der Waals surface area contributed by atoms with Crippen LogP contribution < -0.4 is 10.9 Å². The number of carboxylic acids is 1. The van der Waals surface area contributed by atoms with E-state index in [4.69, 9.17) is 5.11 Å². The molecule has 1 unspecified atom stereocenters. The summed E-state index contributed by atoms with van der Waals surface area (Å²) in [6, 6.07) is 7.21. The first-order valence-electron chi connectivity index (χ1n) is 3.69. The second-order valence-electron chi connectivity index (χ2n) is 2.76. The van der Waals surface area contributed by atoms with E-state index in [1.165, 1.54) is 0 Å². The third-order valence-corrected chi connectivity index (χ3v) is 2.93. The summed E-state index contributed by atoms with van der Waals surface area (Å²) >= 11 is 3.14. The van der Waals surface area contributed by atoms with E-state index in [-0.39, 0.29) is 0 Å². The van der Waals surface area contributed by atoms with Gasteiger partial charge in [0.05, 0.1) is 5.69 Å². The average Bonchev–Trinajstić information content (AvgIpc) is 2.47. The number of hydrogen-bond donors (Lipinski definition) is 3. The molecule has 1 atom stereocenters. The summed E-state index contributed by atoms with van der Waals surface area (Å²) in [7, 11) is 0. The molecule has 0 saturated heterocycles. The minimum Gasteiger partial charge on any atom is -0.479 e. The lowest BCUT2D eigenvalue weighted by molar-refractivity contribution is -0.140. The van der Waals surface area contributed by atoms with E-state index in [0.29, 0.717) is 5.56 Å². The summed E-state index contributed by atoms with van der Waals surface area (Å²) in [5, 5.41) is 8.97. The third kappa shape index (κ3) is 1.12. The van der Waals surface area contributed by atoms with E-state index >= 15 is 0 Å². The number of para-hydroxylation sites is 1. The van der Waals surface area contributed by atoms with Crippen LogP contribution in [0.4, 0.5) is 5.69 Å². The van der Waals surface area contributed by atoms with Crippen LogP contribution >= 0.6 is 15.9 Å². The second kappa shape index (κ2) is 2.71. The molecular weight excluding hydrogens is 236 g/mol. The van der Waals surface area contributed by atoms with Crippen molar-refractivity contribution in [1.82, 2.24) is 5.43 Å². The Morgan fingerprint density at radius 2 is 2.15 bits per heavy atom. The Kier molecular flexibility index (Phi) is 1.78. The number of rotatable bonds is 1. The Labute approximate surface area is 83.0 Å². The van der Waals surface area contributed by atoms with Crippen LogP contribution in [-0.2, 0) is 9.24 Å². The summed E-state index contributed by atoms with van der Waals surface area (Å²) in [5.74, 6) is -0.968. The molecule has 1 heterocycles. The van der Waals surface area contributed by atoms with Crippen molar-refractivity contribution in [3.63, 3.8) is 0 Å². The Bertz CT molecular complexity index is 369. The van der Waals surface area contributed by atoms with Gasteiger partial charge in [-0.2, -0.15) is 0 Å². The highest BCUT2D eigenvalue weighted by atomic mass is 79.9. The Morgan fingerprint density at radius 3 is 2.85 bits per heavy atom. The highest BCUT2D eigenvalue weighted by Gasteiger charge is 2.43. The average molecular weight is 243 g/mol. The summed E-state index contributed by atoms with van der Waals surface area (Å²) in [6.45, 7) is 0. The van der Waals surface area contributed by atoms with Gasteiger partial charge >= 0.3 is 5.97 Å². The largest absolute Gasteiger partial charge is 0.479 e. The van der Waals surface area contributed by atoms with Crippen molar-refractivity contribution < 1.29 is 9.90 Å². The number of alkyl halides is 1. The minimum atomic E-state index is -1.20. The van der Waals surface area contributed by atoms with Gasteiger partial charge in [-0.25, -0.2) is 10.2 Å². The Morgan fingerprint density at radius 1 is 1.46 bits per heavy atom. The lowest BCUT2D eigenvalue weighted by atomic mass is 10.1. The van der Waals surface area contributed by atoms with Gasteiger partial charge in [0.2, 0.25) is 4.45 Å². The fraction of sp³-hybridized carbons (Fsp3) is 0.125. The lowest BCUT2D eigenvalue weighted by Crippen LogP contribution is -2.41. The SMILES string of the molecule is O=C(O)C1(Br)NNc2ccccc21. The minimum absolute atomic E-state index is 0.683. The van der Waals surface area contributed by atoms with Crippen molar-refractivity contribution in [3.05, 3.63) is 29.8 Å². The monoisotopic (exact) mass is 242 g/mol. The first-order chi connectivity index (χ1) is 6.14. The van der Waals surface area contributed by atoms with Crippen LogP contribution in [0.5, 0.6) is 0 Å². The van der Waals surface area contributed by atoms with E-state index in [0.717, 1.165) is 5.69 Å². The smallest absolute Gasteiger partial charge is 0.341 e. The molecule has 3 N–H and O–H groups in total. The van der Waals surface area contributed by atoms with Crippen LogP contribution in [0, 0.1) is 0 Å². The molecule has 68 valence electrons. The molecule has 5 heteroatoms. The molecule has 0 amide bonds. The van der Waals surface area contributed by atoms with Gasteiger partial charge in [-0.3, -0.25) is 0 Å². The maximum Gasteiger partial charge on any atom is 0.341 e. The zero-order chi connectivity index (χ0) is 9.47. The van der Waals surface area contributed by atoms with E-state index < -0.39 is 10.4 Å². The van der Waals surface area contributed by atoms with Crippen LogP contribution in [0.15, 0.2) is 24.3 Å². The van der Waals surface area contributed by atoms with Crippen molar-refractivity contribution in [3.8, 4) is 0 Å². The van der Waals surface area contributed by atoms with Crippen LogP contribution in [-0.4, -0.2) is 11.1 Å². The first-order valence-corrected chi connectivity index (χ1v) is 4.49. The molecule has 4 nitrogen and oxygen atoms in total. The molecule has 0 radical (unpaired) electrons. The highest BCUT2D eigenvalue weighted by molar-refractivity contribution is 9.10. The number of nitrogens with one attached hydrogen (secondary N) is 2. The number of carboxylic acid groups (broad SMARTS) is 1. The topological polar surface area (TPSA) is 61.4 Å². The number of halogens is 1. The third-order valence-electron chi connectivity index (χ3n) is 1.96. The van der Waals surface area contributed by atoms with Gasteiger partial charge in [0, 0.05) is 5.56 Å². The molecule has 1 aliphatic rings. The number of hydrogen-bond acceptors (Lipinski definition) is 3. The van der Waals surface area contributed by atoms with Crippen LogP contribution in [0.3, 0.4) is 0 Å². The lowest BCUT2D eigenvalue weighted by Gasteiger charge is -2.15. The number of anilines is 1. The van der Waals surface area contributed by atoms with Crippen molar-refractivity contribution in [2.24, 2.45) is 0 Å². The number of fused-ring (bicyclic) bond motifs is 1. The predicted molar refractivity (Wildman–Crippen MR) is 51.4 cm³/mol. The van der Waals surface area contributed by atoms with E-state index in [2.05, 4.69) is 26.8 Å². The van der Waals surface area contributed by atoms with Crippen molar-refractivity contribution in [1.29, 1.82) is 0 Å². The maximum atomic E-state index is 10.9. The molecule has 0 fully saturated rings. The Balaban J connectivity index is 2.55. The molecule has 0 spiro atoms. The highest BCUT2D eigenvalue weighted by Crippen LogP contribution is 2.38. The van der Waals surface area contributed by atoms with E-state index in [9.17, 15) is 4.79 Å². The molecule has 0 saturated carbocycles. The standard InChI is InChI=1S/C8H7BrN2O2/c9-8(7(12)13)5-3-1-2-4-6(5)10-11-8/h1-4,10-11H,(H,12,13). The van der Waals surface area contributed by atoms with Crippen molar-refractivity contribution in [2.45, 2.75) is 4.45 Å². The first kappa shape index (κ1) is 8.52. The van der Waals surface area contributed by atoms with Crippen LogP contribution in [0.25, 0.3) is 0 Å². The number of benzene rings is 1. The quantitative estimate of drug-likeness (QED) is 0.513. The summed E-state index contributed by atoms with van der Waals surface area (Å²) in [4.78, 5) is 10.9. The second-order valence-corrected chi connectivity index (χ2v) is 3.95. The fourth-order valence-electron chi connectivity index (χ4n) is 1.28. The van der Waals surface area contributed by atoms with Gasteiger partial charge in [-0.05, 0) is 22.0 Å². The zero-order valence-corrected chi connectivity index (χ0v) is 8.13. The van der Waals surface area contributed by atoms with Crippen LogP contribution in [0.1, 0.15) is 5.56 Å². The summed E-state index contributed by atoms with van der Waals surface area (Å²) in [6.07, 6.45) is 0. The van der Waals surface area contributed by atoms with Gasteiger partial charge in [0.1, 0.15) is 0 Å². The molecule has 13 heavy (non-hydrogen) atoms. The molecule has 0 aromatic heterocycles. The molecule has 0 bridgehead atoms. The number of hydrazine groups is 1. The van der Waals surface area contributed by atoms with E-state index in [1.807, 2.05) is 12.1 Å². The fourth-order valence-corrected chi connectivity index (χ4v) is 1.73. The predicted octanol–water partition coefficient (Wildman–Crippen LogP) is 1.25. The van der Waals surface area contributed by atoms with Crippen LogP contribution in [0.2, 0.25) is 0 Å². The van der Waals surface area contributed by atoms with Gasteiger partial charge in [-0.15, -0.1) is 0 Å². The molecular formula is C8H7BrN2O2. The molecule has 1 aromatic carbocycles. The molecule has 0 aliphatic carbocycles. The van der Waals surface area contributed by atoms with Gasteiger partial charge in [0.25, 0.3) is 0 Å². The van der Waals surface area contributed by atoms with Gasteiger partial charge in [0.15, 0.2) is 0 Å². The van der Waals surface area contributed by atoms with Gasteiger partial charge in [-0.1, -0.05) is 18.2 Å². The van der Waals surface area contributed by atoms with E-state index in [1.54, 1.807) is 12.1 Å². The summed E-state index contributed by atoms with van der Waals surface area (Å²) < 4.78 is -1.20. The molecule has 1 aliphatic heterocycles. The van der Waals surface area contributed by atoms with Crippen molar-refractivity contribution in [2.75, 3.05) is 5.43 Å². The Hall–Kier alpha value is -1.07. The van der Waals surface area contributed by atoms with Crippen molar-refractivity contribution >= 4 is 27.6 Å². The number of aliphatic carboxylic acids is 1. The van der Waals surface area contributed by atoms with Gasteiger partial charge < -0.3 is 10.5 Å². The zero-order valence-electron chi connectivity index (χ0n) is 6.54. The normalized spacial score (nSPS) is 25.0. The molecule has 1 aromatic rings. The number of carbonyl (C=O) groups is 1. The molecule has 2 rings (SSSR count). The summed E-state index contributed by atoms with van der Waals surface area (Å²) in [5.41, 5.74) is 6.92.